The van der Waals surface area contributed by atoms with E-state index in [1.807, 2.05) is 5.32 Å². The van der Waals surface area contributed by atoms with Gasteiger partial charge in [0, 0.05) is 0 Å². The van der Waals surface area contributed by atoms with Crippen LogP contribution in [0.3, 0.4) is 0 Å². The van der Waals surface area contributed by atoms with Gasteiger partial charge in [0.2, 0.25) is 5.91 Å². The molecule has 1 rings (SSSR count). The van der Waals surface area contributed by atoms with E-state index in [2.05, 4.69) is 0 Å². The Labute approximate surface area is 111 Å². The van der Waals surface area contributed by atoms with Crippen molar-refractivity contribution in [2.45, 2.75) is 11.6 Å². The highest BCUT2D eigenvalue weighted by atomic mass is 32.2. The molecule has 0 heterocycles. The molecule has 0 bridgehead atoms. The molecule has 0 aliphatic heterocycles. The van der Waals surface area contributed by atoms with E-state index in [0.717, 1.165) is 0 Å². The maximum atomic E-state index is 11.9. The molecule has 0 aliphatic carbocycles. The second-order valence-corrected chi connectivity index (χ2v) is 4.52. The van der Waals surface area contributed by atoms with Crippen molar-refractivity contribution in [3.8, 4) is 0 Å². The molecular formula is C11H10F3NO3S. The van der Waals surface area contributed by atoms with Crippen LogP contribution in [0.5, 0.6) is 0 Å². The summed E-state index contributed by atoms with van der Waals surface area (Å²) in [4.78, 5) is 22.3. The first-order chi connectivity index (χ1) is 8.79. The number of amides is 1. The Morgan fingerprint density at radius 2 is 1.84 bits per heavy atom. The lowest BCUT2D eigenvalue weighted by molar-refractivity contribution is -0.141. The van der Waals surface area contributed by atoms with Crippen LogP contribution in [0.25, 0.3) is 0 Å². The number of thioether (sulfide) groups is 1. The van der Waals surface area contributed by atoms with Crippen LogP contribution in [0.4, 0.5) is 13.2 Å². The summed E-state index contributed by atoms with van der Waals surface area (Å²) in [7, 11) is 0. The van der Waals surface area contributed by atoms with Gasteiger partial charge in [-0.05, 0) is 17.3 Å². The predicted octanol–water partition coefficient (Wildman–Crippen LogP) is 2.18. The molecule has 1 aromatic carbocycles. The van der Waals surface area contributed by atoms with Crippen LogP contribution in [0.1, 0.15) is 11.6 Å². The van der Waals surface area contributed by atoms with Gasteiger partial charge in [0.05, 0.1) is 5.75 Å². The van der Waals surface area contributed by atoms with Crippen molar-refractivity contribution in [1.82, 2.24) is 5.32 Å². The van der Waals surface area contributed by atoms with Crippen LogP contribution in [0.2, 0.25) is 0 Å². The predicted molar refractivity (Wildman–Crippen MR) is 63.5 cm³/mol. The minimum Gasteiger partial charge on any atom is -0.479 e. The Kier molecular flexibility index (Phi) is 5.22. The van der Waals surface area contributed by atoms with E-state index in [4.69, 9.17) is 5.11 Å². The molecule has 0 aliphatic rings. The van der Waals surface area contributed by atoms with Crippen LogP contribution in [-0.2, 0) is 9.59 Å². The van der Waals surface area contributed by atoms with Crippen molar-refractivity contribution in [1.29, 1.82) is 0 Å². The van der Waals surface area contributed by atoms with Crippen molar-refractivity contribution < 1.29 is 27.9 Å². The number of aliphatic carboxylic acids is 1. The minimum atomic E-state index is -4.52. The largest absolute Gasteiger partial charge is 0.479 e. The number of carboxylic acid groups (broad SMARTS) is 1. The van der Waals surface area contributed by atoms with Crippen LogP contribution >= 0.6 is 11.8 Å². The monoisotopic (exact) mass is 293 g/mol. The maximum Gasteiger partial charge on any atom is 0.442 e. The highest BCUT2D eigenvalue weighted by Crippen LogP contribution is 2.29. The second-order valence-electron chi connectivity index (χ2n) is 3.48. The first-order valence-electron chi connectivity index (χ1n) is 5.07. The third-order valence-electron chi connectivity index (χ3n) is 2.05. The Morgan fingerprint density at radius 1 is 1.26 bits per heavy atom. The lowest BCUT2D eigenvalue weighted by Gasteiger charge is -2.15. The van der Waals surface area contributed by atoms with Crippen molar-refractivity contribution in [3.63, 3.8) is 0 Å². The molecule has 0 aromatic heterocycles. The molecule has 0 saturated carbocycles. The van der Waals surface area contributed by atoms with Crippen molar-refractivity contribution >= 4 is 23.6 Å². The molecule has 0 unspecified atom stereocenters. The number of hydrogen-bond donors (Lipinski definition) is 2. The molecule has 0 radical (unpaired) electrons. The summed E-state index contributed by atoms with van der Waals surface area (Å²) in [5.74, 6) is -3.20. The van der Waals surface area contributed by atoms with Gasteiger partial charge in [-0.15, -0.1) is 0 Å². The van der Waals surface area contributed by atoms with Crippen LogP contribution in [0, 0.1) is 0 Å². The molecule has 104 valence electrons. The van der Waals surface area contributed by atoms with Gasteiger partial charge < -0.3 is 10.4 Å². The molecule has 1 amide bonds. The van der Waals surface area contributed by atoms with E-state index in [1.165, 1.54) is 12.1 Å². The lowest BCUT2D eigenvalue weighted by atomic mass is 10.1. The van der Waals surface area contributed by atoms with E-state index in [9.17, 15) is 22.8 Å². The zero-order valence-electron chi connectivity index (χ0n) is 9.48. The third kappa shape index (κ3) is 5.64. The summed E-state index contributed by atoms with van der Waals surface area (Å²) >= 11 is -0.514. The topological polar surface area (TPSA) is 66.4 Å². The number of carbonyl (C=O) groups is 2. The normalized spacial score (nSPS) is 12.8. The smallest absolute Gasteiger partial charge is 0.442 e. The summed E-state index contributed by atoms with van der Waals surface area (Å²) in [5, 5.41) is 11.0. The fourth-order valence-corrected chi connectivity index (χ4v) is 1.66. The molecule has 0 spiro atoms. The highest BCUT2D eigenvalue weighted by Gasteiger charge is 2.30. The van der Waals surface area contributed by atoms with Gasteiger partial charge >= 0.3 is 11.5 Å². The molecule has 4 nitrogen and oxygen atoms in total. The summed E-state index contributed by atoms with van der Waals surface area (Å²) < 4.78 is 35.7. The zero-order valence-corrected chi connectivity index (χ0v) is 10.3. The second kappa shape index (κ2) is 6.46. The maximum absolute atomic E-state index is 11.9. The number of halogens is 3. The number of nitrogens with one attached hydrogen (secondary N) is 1. The average molecular weight is 293 g/mol. The fourth-order valence-electron chi connectivity index (χ4n) is 1.28. The molecule has 2 N–H and O–H groups in total. The third-order valence-corrected chi connectivity index (χ3v) is 2.79. The van der Waals surface area contributed by atoms with Gasteiger partial charge in [-0.3, -0.25) is 4.79 Å². The van der Waals surface area contributed by atoms with Crippen molar-refractivity contribution in [2.75, 3.05) is 5.75 Å². The quantitative estimate of drug-likeness (QED) is 0.873. The van der Waals surface area contributed by atoms with Crippen LogP contribution < -0.4 is 5.32 Å². The first kappa shape index (κ1) is 15.4. The zero-order chi connectivity index (χ0) is 14.5. The number of benzene rings is 1. The SMILES string of the molecule is O=C(CSC(F)(F)F)N[C@@H](C(=O)O)c1ccccc1. The molecule has 0 fully saturated rings. The van der Waals surface area contributed by atoms with E-state index in [0.29, 0.717) is 5.56 Å². The number of alkyl halides is 3. The number of rotatable bonds is 5. The molecule has 0 saturated heterocycles. The van der Waals surface area contributed by atoms with E-state index < -0.39 is 40.9 Å². The van der Waals surface area contributed by atoms with Crippen molar-refractivity contribution in [2.24, 2.45) is 0 Å². The lowest BCUT2D eigenvalue weighted by Crippen LogP contribution is -2.35. The fraction of sp³-hybridized carbons (Fsp3) is 0.273. The van der Waals surface area contributed by atoms with E-state index in [1.54, 1.807) is 18.2 Å². The summed E-state index contributed by atoms with van der Waals surface area (Å²) in [6, 6.07) is 6.38. The Morgan fingerprint density at radius 3 is 2.32 bits per heavy atom. The van der Waals surface area contributed by atoms with Gasteiger partial charge in [0.25, 0.3) is 0 Å². The number of carboxylic acids is 1. The van der Waals surface area contributed by atoms with Gasteiger partial charge in [-0.1, -0.05) is 30.3 Å². The highest BCUT2D eigenvalue weighted by molar-refractivity contribution is 8.00. The Hall–Kier alpha value is -1.70. The number of hydrogen-bond acceptors (Lipinski definition) is 3. The van der Waals surface area contributed by atoms with E-state index in [-0.39, 0.29) is 0 Å². The molecule has 1 aromatic rings. The van der Waals surface area contributed by atoms with Gasteiger partial charge in [-0.2, -0.15) is 13.2 Å². The van der Waals surface area contributed by atoms with E-state index >= 15 is 0 Å². The summed E-state index contributed by atoms with van der Waals surface area (Å²) in [6.07, 6.45) is 0. The van der Waals surface area contributed by atoms with Crippen LogP contribution in [-0.4, -0.2) is 28.2 Å². The average Bonchev–Trinajstić information content (AvgIpc) is 2.33. The minimum absolute atomic E-state index is 0.292. The van der Waals surface area contributed by atoms with Gasteiger partial charge in [0.15, 0.2) is 6.04 Å². The molecule has 1 atom stereocenters. The summed E-state index contributed by atoms with van der Waals surface area (Å²) in [5.41, 5.74) is -4.23. The first-order valence-corrected chi connectivity index (χ1v) is 6.06. The number of carbonyl (C=O) groups excluding carboxylic acids is 1. The molecule has 8 heteroatoms. The van der Waals surface area contributed by atoms with Gasteiger partial charge in [-0.25, -0.2) is 4.79 Å². The van der Waals surface area contributed by atoms with Crippen LogP contribution in [0.15, 0.2) is 30.3 Å². The van der Waals surface area contributed by atoms with Crippen molar-refractivity contribution in [3.05, 3.63) is 35.9 Å². The summed E-state index contributed by atoms with van der Waals surface area (Å²) in [6.45, 7) is 0. The van der Waals surface area contributed by atoms with Gasteiger partial charge in [0.1, 0.15) is 0 Å². The Bertz CT molecular complexity index is 450. The molecule has 19 heavy (non-hydrogen) atoms. The Balaban J connectivity index is 2.65. The standard InChI is InChI=1S/C11H10F3NO3S/c12-11(13,14)19-6-8(16)15-9(10(17)18)7-4-2-1-3-5-7/h1-5,9H,6H2,(H,15,16)(H,17,18)/t9-/m1/s1. The molecular weight excluding hydrogens is 283 g/mol.